The van der Waals surface area contributed by atoms with Gasteiger partial charge in [0.05, 0.1) is 12.7 Å². The van der Waals surface area contributed by atoms with E-state index in [1.54, 1.807) is 0 Å². The van der Waals surface area contributed by atoms with Crippen molar-refractivity contribution in [3.8, 4) is 22.3 Å². The van der Waals surface area contributed by atoms with Gasteiger partial charge < -0.3 is 4.74 Å². The molecule has 0 aliphatic carbocycles. The summed E-state index contributed by atoms with van der Waals surface area (Å²) in [5.74, 6) is -0.318. The fourth-order valence-corrected chi connectivity index (χ4v) is 2.82. The molecule has 0 aliphatic heterocycles. The van der Waals surface area contributed by atoms with Crippen LogP contribution in [0.5, 0.6) is 0 Å². The van der Waals surface area contributed by atoms with Crippen molar-refractivity contribution in [3.05, 3.63) is 83.4 Å². The number of esters is 1. The van der Waals surface area contributed by atoms with Crippen LogP contribution in [0.3, 0.4) is 0 Å². The second-order valence-corrected chi connectivity index (χ2v) is 5.95. The summed E-state index contributed by atoms with van der Waals surface area (Å²) in [6.07, 6.45) is 0. The number of carbonyl (C=O) groups excluding carboxylic acids is 1. The highest BCUT2D eigenvalue weighted by atomic mass is 16.5. The summed E-state index contributed by atoms with van der Waals surface area (Å²) in [7, 11) is 1.42. The molecule has 0 fully saturated rings. The van der Waals surface area contributed by atoms with Crippen LogP contribution in [0.4, 0.5) is 0 Å². The normalized spacial score (nSPS) is 10.5. The maximum atomic E-state index is 12.5. The average Bonchev–Trinajstić information content (AvgIpc) is 2.62. The topological polar surface area (TPSA) is 26.3 Å². The molecule has 0 unspecified atom stereocenters. The molecule has 2 heteroatoms. The van der Waals surface area contributed by atoms with E-state index in [0.29, 0.717) is 5.56 Å². The minimum atomic E-state index is -0.318. The smallest absolute Gasteiger partial charge is 0.339 e. The van der Waals surface area contributed by atoms with Gasteiger partial charge in [0.25, 0.3) is 0 Å². The first-order chi connectivity index (χ1) is 11.6. The monoisotopic (exact) mass is 316 g/mol. The second-order valence-electron chi connectivity index (χ2n) is 5.95. The molecule has 0 aromatic heterocycles. The minimum absolute atomic E-state index is 0.318. The fraction of sp³-hybridized carbons (Fsp3) is 0.136. The van der Waals surface area contributed by atoms with Crippen molar-refractivity contribution in [3.63, 3.8) is 0 Å². The van der Waals surface area contributed by atoms with Crippen molar-refractivity contribution in [2.24, 2.45) is 0 Å². The molecule has 3 aromatic rings. The van der Waals surface area contributed by atoms with Gasteiger partial charge in [0.2, 0.25) is 0 Å². The van der Waals surface area contributed by atoms with Crippen LogP contribution in [0.1, 0.15) is 21.5 Å². The Balaban J connectivity index is 2.23. The third-order valence-electron chi connectivity index (χ3n) is 4.18. The van der Waals surface area contributed by atoms with Gasteiger partial charge in [0.15, 0.2) is 0 Å². The van der Waals surface area contributed by atoms with Gasteiger partial charge in [0.1, 0.15) is 0 Å². The van der Waals surface area contributed by atoms with Gasteiger partial charge >= 0.3 is 5.97 Å². The Morgan fingerprint density at radius 1 is 0.708 bits per heavy atom. The molecular weight excluding hydrogens is 296 g/mol. The van der Waals surface area contributed by atoms with Crippen molar-refractivity contribution in [1.29, 1.82) is 0 Å². The molecule has 0 saturated heterocycles. The number of hydrogen-bond acceptors (Lipinski definition) is 2. The zero-order valence-corrected chi connectivity index (χ0v) is 14.2. The van der Waals surface area contributed by atoms with E-state index in [2.05, 4.69) is 24.3 Å². The molecule has 0 radical (unpaired) electrons. The van der Waals surface area contributed by atoms with Crippen LogP contribution >= 0.6 is 0 Å². The number of rotatable bonds is 3. The lowest BCUT2D eigenvalue weighted by atomic mass is 9.91. The zero-order chi connectivity index (χ0) is 17.1. The van der Waals surface area contributed by atoms with Gasteiger partial charge in [0, 0.05) is 0 Å². The van der Waals surface area contributed by atoms with Crippen LogP contribution in [0, 0.1) is 13.8 Å². The molecule has 0 saturated carbocycles. The molecule has 120 valence electrons. The molecule has 3 aromatic carbocycles. The van der Waals surface area contributed by atoms with Gasteiger partial charge in [-0.15, -0.1) is 0 Å². The maximum Gasteiger partial charge on any atom is 0.339 e. The standard InChI is InChI=1S/C22H20O2/c1-15-7-11-17(12-8-15)19-5-4-6-20(21(19)22(23)24-3)18-13-9-16(2)10-14-18/h4-14H,1-3H3. The number of ether oxygens (including phenoxy) is 1. The zero-order valence-electron chi connectivity index (χ0n) is 14.2. The van der Waals surface area contributed by atoms with Crippen molar-refractivity contribution >= 4 is 5.97 Å². The summed E-state index contributed by atoms with van der Waals surface area (Å²) < 4.78 is 5.07. The van der Waals surface area contributed by atoms with Gasteiger partial charge in [-0.2, -0.15) is 0 Å². The minimum Gasteiger partial charge on any atom is -0.465 e. The Morgan fingerprint density at radius 2 is 1.12 bits per heavy atom. The van der Waals surface area contributed by atoms with E-state index >= 15 is 0 Å². The Bertz CT molecular complexity index is 796. The van der Waals surface area contributed by atoms with Crippen LogP contribution in [-0.2, 0) is 4.74 Å². The maximum absolute atomic E-state index is 12.5. The highest BCUT2D eigenvalue weighted by Crippen LogP contribution is 2.33. The van der Waals surface area contributed by atoms with Gasteiger partial charge in [-0.3, -0.25) is 0 Å². The highest BCUT2D eigenvalue weighted by molar-refractivity contribution is 6.04. The van der Waals surface area contributed by atoms with Crippen LogP contribution in [0.15, 0.2) is 66.7 Å². The molecule has 3 rings (SSSR count). The second kappa shape index (κ2) is 6.71. The SMILES string of the molecule is COC(=O)c1c(-c2ccc(C)cc2)cccc1-c1ccc(C)cc1. The van der Waals surface area contributed by atoms with E-state index < -0.39 is 0 Å². The van der Waals surface area contributed by atoms with E-state index in [9.17, 15) is 4.79 Å². The van der Waals surface area contributed by atoms with Crippen molar-refractivity contribution in [2.75, 3.05) is 7.11 Å². The molecule has 24 heavy (non-hydrogen) atoms. The summed E-state index contributed by atoms with van der Waals surface area (Å²) in [6, 6.07) is 22.3. The third-order valence-corrected chi connectivity index (χ3v) is 4.18. The number of benzene rings is 3. The predicted molar refractivity (Wildman–Crippen MR) is 98.1 cm³/mol. The molecule has 0 heterocycles. The first-order valence-corrected chi connectivity index (χ1v) is 7.95. The molecular formula is C22H20O2. The lowest BCUT2D eigenvalue weighted by molar-refractivity contribution is 0.0602. The number of carbonyl (C=O) groups is 1. The molecule has 0 atom stereocenters. The summed E-state index contributed by atoms with van der Waals surface area (Å²) in [5.41, 5.74) is 6.78. The number of hydrogen-bond donors (Lipinski definition) is 0. The Labute approximate surface area is 142 Å². The van der Waals surface area contributed by atoms with E-state index in [4.69, 9.17) is 4.74 Å². The van der Waals surface area contributed by atoms with E-state index in [-0.39, 0.29) is 5.97 Å². The van der Waals surface area contributed by atoms with E-state index in [0.717, 1.165) is 22.3 Å². The molecule has 0 bridgehead atoms. The lowest BCUT2D eigenvalue weighted by Gasteiger charge is -2.14. The van der Waals surface area contributed by atoms with Crippen LogP contribution < -0.4 is 0 Å². The molecule has 0 amide bonds. The summed E-state index contributed by atoms with van der Waals surface area (Å²) >= 11 is 0. The largest absolute Gasteiger partial charge is 0.465 e. The van der Waals surface area contributed by atoms with E-state index in [1.165, 1.54) is 18.2 Å². The number of methoxy groups -OCH3 is 1. The quantitative estimate of drug-likeness (QED) is 0.603. The van der Waals surface area contributed by atoms with Crippen LogP contribution in [0.2, 0.25) is 0 Å². The first kappa shape index (κ1) is 16.0. The van der Waals surface area contributed by atoms with Gasteiger partial charge in [-0.05, 0) is 36.1 Å². The van der Waals surface area contributed by atoms with Crippen LogP contribution in [-0.4, -0.2) is 13.1 Å². The van der Waals surface area contributed by atoms with E-state index in [1.807, 2.05) is 56.3 Å². The molecule has 0 aliphatic rings. The third kappa shape index (κ3) is 3.09. The predicted octanol–water partition coefficient (Wildman–Crippen LogP) is 5.42. The van der Waals surface area contributed by atoms with Gasteiger partial charge in [-0.1, -0.05) is 77.9 Å². The van der Waals surface area contributed by atoms with Gasteiger partial charge in [-0.25, -0.2) is 4.79 Å². The molecule has 0 spiro atoms. The Hall–Kier alpha value is -2.87. The van der Waals surface area contributed by atoms with Crippen molar-refractivity contribution in [2.45, 2.75) is 13.8 Å². The highest BCUT2D eigenvalue weighted by Gasteiger charge is 2.19. The summed E-state index contributed by atoms with van der Waals surface area (Å²) in [4.78, 5) is 12.5. The Morgan fingerprint density at radius 3 is 1.50 bits per heavy atom. The molecule has 2 nitrogen and oxygen atoms in total. The lowest BCUT2D eigenvalue weighted by Crippen LogP contribution is -2.06. The number of aryl methyl sites for hydroxylation is 2. The molecule has 0 N–H and O–H groups in total. The van der Waals surface area contributed by atoms with Crippen LogP contribution in [0.25, 0.3) is 22.3 Å². The van der Waals surface area contributed by atoms with Crippen molar-refractivity contribution < 1.29 is 9.53 Å². The summed E-state index contributed by atoms with van der Waals surface area (Å²) in [6.45, 7) is 4.10. The van der Waals surface area contributed by atoms with Crippen molar-refractivity contribution in [1.82, 2.24) is 0 Å². The Kier molecular flexibility index (Phi) is 4.48. The fourth-order valence-electron chi connectivity index (χ4n) is 2.82. The first-order valence-electron chi connectivity index (χ1n) is 7.95. The average molecular weight is 316 g/mol. The summed E-state index contributed by atoms with van der Waals surface area (Å²) in [5, 5.41) is 0.